The van der Waals surface area contributed by atoms with E-state index in [1.165, 1.54) is 11.1 Å². The molecule has 5 nitrogen and oxygen atoms in total. The molecule has 2 aliphatic rings. The lowest BCUT2D eigenvalue weighted by molar-refractivity contribution is -0.0588. The first kappa shape index (κ1) is 20.6. The van der Waals surface area contributed by atoms with Crippen LogP contribution in [0.5, 0.6) is 5.75 Å². The number of ether oxygens (including phenoxy) is 1. The zero-order valence-corrected chi connectivity index (χ0v) is 18.6. The molecule has 5 rings (SSSR count). The Labute approximate surface area is 183 Å². The van der Waals surface area contributed by atoms with Crippen molar-refractivity contribution in [1.82, 2.24) is 9.47 Å². The topological polar surface area (TPSA) is 57.9 Å². The fourth-order valence-electron chi connectivity index (χ4n) is 5.33. The molecule has 2 N–H and O–H groups in total. The lowest BCUT2D eigenvalue weighted by atomic mass is 9.81. The van der Waals surface area contributed by atoms with Gasteiger partial charge in [-0.25, -0.2) is 0 Å². The number of aromatic nitrogens is 1. The highest BCUT2D eigenvalue weighted by Gasteiger charge is 2.43. The molecule has 1 spiro atoms. The number of fused-ring (bicyclic) bond motifs is 2. The van der Waals surface area contributed by atoms with Crippen molar-refractivity contribution in [2.45, 2.75) is 50.9 Å². The minimum atomic E-state index is -0.524. The van der Waals surface area contributed by atoms with Gasteiger partial charge in [0.05, 0.1) is 12.2 Å². The minimum absolute atomic E-state index is 0.311. The Kier molecular flexibility index (Phi) is 5.08. The van der Waals surface area contributed by atoms with Crippen molar-refractivity contribution in [2.24, 2.45) is 7.05 Å². The van der Waals surface area contributed by atoms with Crippen molar-refractivity contribution in [3.05, 3.63) is 64.8 Å². The standard InChI is InChI=1S/C26H32N2O3/c1-17-12-20-23(29)14-26(31-25(20)13-18(17)2)8-10-28(11-9-26)16-24(30)21-15-27(3)22-7-5-4-6-19(21)22/h4-7,12-13,15,23-24,29-30H,8-11,14,16H2,1-3H3/t23-,24+/m1/s1. The van der Waals surface area contributed by atoms with E-state index >= 15 is 0 Å². The number of hydrogen-bond acceptors (Lipinski definition) is 4. The van der Waals surface area contributed by atoms with Crippen molar-refractivity contribution in [3.8, 4) is 5.75 Å². The van der Waals surface area contributed by atoms with Gasteiger partial charge in [0.25, 0.3) is 0 Å². The molecule has 2 aliphatic heterocycles. The molecule has 3 heterocycles. The lowest BCUT2D eigenvalue weighted by Gasteiger charge is -2.46. The quantitative estimate of drug-likeness (QED) is 0.667. The van der Waals surface area contributed by atoms with Crippen molar-refractivity contribution in [2.75, 3.05) is 19.6 Å². The zero-order valence-electron chi connectivity index (χ0n) is 18.6. The Morgan fingerprint density at radius 2 is 1.84 bits per heavy atom. The smallest absolute Gasteiger partial charge is 0.126 e. The van der Waals surface area contributed by atoms with Crippen molar-refractivity contribution >= 4 is 10.9 Å². The van der Waals surface area contributed by atoms with Gasteiger partial charge in [-0.15, -0.1) is 0 Å². The highest BCUT2D eigenvalue weighted by atomic mass is 16.5. The normalized spacial score (nSPS) is 21.8. The van der Waals surface area contributed by atoms with Crippen LogP contribution in [0.4, 0.5) is 0 Å². The largest absolute Gasteiger partial charge is 0.487 e. The Morgan fingerprint density at radius 1 is 1.13 bits per heavy atom. The summed E-state index contributed by atoms with van der Waals surface area (Å²) in [5.41, 5.74) is 5.12. The molecule has 0 saturated carbocycles. The van der Waals surface area contributed by atoms with Crippen molar-refractivity contribution in [3.63, 3.8) is 0 Å². The van der Waals surface area contributed by atoms with Gasteiger partial charge in [-0.2, -0.15) is 0 Å². The first-order chi connectivity index (χ1) is 14.8. The predicted octanol–water partition coefficient (Wildman–Crippen LogP) is 4.18. The molecule has 0 amide bonds. The maximum Gasteiger partial charge on any atom is 0.126 e. The number of aryl methyl sites for hydroxylation is 3. The number of para-hydroxylation sites is 1. The molecule has 164 valence electrons. The molecule has 1 fully saturated rings. The summed E-state index contributed by atoms with van der Waals surface area (Å²) in [5.74, 6) is 0.839. The van der Waals surface area contributed by atoms with Gasteiger partial charge in [-0.3, -0.25) is 0 Å². The summed E-state index contributed by atoms with van der Waals surface area (Å²) in [5, 5.41) is 22.9. The fraction of sp³-hybridized carbons (Fsp3) is 0.462. The van der Waals surface area contributed by atoms with E-state index in [1.54, 1.807) is 0 Å². The van der Waals surface area contributed by atoms with Gasteiger partial charge in [0, 0.05) is 61.3 Å². The van der Waals surface area contributed by atoms with Crippen LogP contribution in [-0.4, -0.2) is 44.9 Å². The molecule has 0 aliphatic carbocycles. The summed E-state index contributed by atoms with van der Waals surface area (Å²) in [6, 6.07) is 12.4. The molecule has 2 aromatic carbocycles. The van der Waals surface area contributed by atoms with Gasteiger partial charge in [0.1, 0.15) is 11.4 Å². The van der Waals surface area contributed by atoms with E-state index in [4.69, 9.17) is 4.74 Å². The number of hydrogen-bond donors (Lipinski definition) is 2. The van der Waals surface area contributed by atoms with Crippen LogP contribution in [0.2, 0.25) is 0 Å². The number of nitrogens with zero attached hydrogens (tertiary/aromatic N) is 2. The van der Waals surface area contributed by atoms with E-state index in [9.17, 15) is 10.2 Å². The number of aliphatic hydroxyl groups is 2. The molecule has 0 unspecified atom stereocenters. The molecular weight excluding hydrogens is 388 g/mol. The fourth-order valence-corrected chi connectivity index (χ4v) is 5.33. The third kappa shape index (κ3) is 3.65. The van der Waals surface area contributed by atoms with E-state index in [-0.39, 0.29) is 5.60 Å². The molecular formula is C26H32N2O3. The number of rotatable bonds is 3. The summed E-state index contributed by atoms with van der Waals surface area (Å²) < 4.78 is 8.59. The number of benzene rings is 2. The highest BCUT2D eigenvalue weighted by Crippen LogP contribution is 2.45. The van der Waals surface area contributed by atoms with E-state index in [0.717, 1.165) is 53.7 Å². The van der Waals surface area contributed by atoms with Gasteiger partial charge in [-0.1, -0.05) is 18.2 Å². The second kappa shape index (κ2) is 7.66. The van der Waals surface area contributed by atoms with Crippen LogP contribution in [0.25, 0.3) is 10.9 Å². The van der Waals surface area contributed by atoms with E-state index < -0.39 is 12.2 Å². The highest BCUT2D eigenvalue weighted by molar-refractivity contribution is 5.84. The maximum absolute atomic E-state index is 11.0. The molecule has 2 atom stereocenters. The lowest BCUT2D eigenvalue weighted by Crippen LogP contribution is -2.51. The summed E-state index contributed by atoms with van der Waals surface area (Å²) in [7, 11) is 2.02. The Hall–Kier alpha value is -2.34. The molecule has 31 heavy (non-hydrogen) atoms. The first-order valence-corrected chi connectivity index (χ1v) is 11.3. The maximum atomic E-state index is 11.0. The van der Waals surface area contributed by atoms with Crippen LogP contribution >= 0.6 is 0 Å². The van der Waals surface area contributed by atoms with Crippen LogP contribution < -0.4 is 4.74 Å². The van der Waals surface area contributed by atoms with Gasteiger partial charge < -0.3 is 24.4 Å². The van der Waals surface area contributed by atoms with E-state index in [0.29, 0.717) is 13.0 Å². The second-order valence-electron chi connectivity index (χ2n) is 9.51. The summed E-state index contributed by atoms with van der Waals surface area (Å²) in [4.78, 5) is 2.32. The van der Waals surface area contributed by atoms with Crippen LogP contribution in [0.15, 0.2) is 42.6 Å². The summed E-state index contributed by atoms with van der Waals surface area (Å²) in [6.45, 7) is 6.49. The number of aliphatic hydroxyl groups excluding tert-OH is 2. The van der Waals surface area contributed by atoms with E-state index in [2.05, 4.69) is 47.6 Å². The van der Waals surface area contributed by atoms with Gasteiger partial charge in [0.15, 0.2) is 0 Å². The molecule has 1 saturated heterocycles. The number of piperidine rings is 1. The molecule has 0 radical (unpaired) electrons. The average Bonchev–Trinajstić information content (AvgIpc) is 3.09. The number of β-amino-alcohol motifs (C(OH)–C–C–N with tert-alkyl or cyclic N) is 1. The predicted molar refractivity (Wildman–Crippen MR) is 122 cm³/mol. The van der Waals surface area contributed by atoms with Crippen LogP contribution in [0.1, 0.15) is 53.7 Å². The third-order valence-corrected chi connectivity index (χ3v) is 7.36. The Morgan fingerprint density at radius 3 is 2.61 bits per heavy atom. The Bertz CT molecular complexity index is 1110. The summed E-state index contributed by atoms with van der Waals surface area (Å²) in [6.07, 6.45) is 3.41. The molecule has 1 aromatic heterocycles. The Balaban J connectivity index is 1.28. The van der Waals surface area contributed by atoms with Crippen molar-refractivity contribution < 1.29 is 14.9 Å². The van der Waals surface area contributed by atoms with Crippen LogP contribution in [-0.2, 0) is 7.05 Å². The average molecular weight is 421 g/mol. The van der Waals surface area contributed by atoms with Crippen molar-refractivity contribution in [1.29, 1.82) is 0 Å². The van der Waals surface area contributed by atoms with Crippen LogP contribution in [0, 0.1) is 13.8 Å². The number of likely N-dealkylation sites (tertiary alicyclic amines) is 1. The first-order valence-electron chi connectivity index (χ1n) is 11.3. The third-order valence-electron chi connectivity index (χ3n) is 7.36. The minimum Gasteiger partial charge on any atom is -0.487 e. The molecule has 0 bridgehead atoms. The molecule has 3 aromatic rings. The summed E-state index contributed by atoms with van der Waals surface area (Å²) >= 11 is 0. The second-order valence-corrected chi connectivity index (χ2v) is 9.51. The molecule has 5 heteroatoms. The van der Waals surface area contributed by atoms with Gasteiger partial charge >= 0.3 is 0 Å². The van der Waals surface area contributed by atoms with E-state index in [1.807, 2.05) is 25.4 Å². The van der Waals surface area contributed by atoms with Gasteiger partial charge in [-0.05, 0) is 56.0 Å². The van der Waals surface area contributed by atoms with Crippen LogP contribution in [0.3, 0.4) is 0 Å². The van der Waals surface area contributed by atoms with Gasteiger partial charge in [0.2, 0.25) is 0 Å². The monoisotopic (exact) mass is 420 g/mol. The zero-order chi connectivity index (χ0) is 21.8. The SMILES string of the molecule is Cc1cc2c(cc1C)[C@H](O)CC1(CCN(C[C@H](O)c3cn(C)c4ccccc34)CC1)O2.